The normalized spacial score (nSPS) is 11.2. The van der Waals surface area contributed by atoms with Crippen LogP contribution < -0.4 is 4.74 Å². The highest BCUT2D eigenvalue weighted by Gasteiger charge is 2.13. The summed E-state index contributed by atoms with van der Waals surface area (Å²) in [4.78, 5) is 8.90. The Kier molecular flexibility index (Phi) is 4.75. The zero-order chi connectivity index (χ0) is 21.4. The van der Waals surface area contributed by atoms with Gasteiger partial charge in [-0.05, 0) is 60.0 Å². The summed E-state index contributed by atoms with van der Waals surface area (Å²) in [5.74, 6) is 0.537. The molecule has 0 aliphatic rings. The largest absolute Gasteiger partial charge is 0.495 e. The fourth-order valence-electron chi connectivity index (χ4n) is 3.87. The Bertz CT molecular complexity index is 1370. The molecule has 3 aromatic heterocycles. The van der Waals surface area contributed by atoms with Crippen LogP contribution in [0.4, 0.5) is 4.39 Å². The predicted molar refractivity (Wildman–Crippen MR) is 119 cm³/mol. The molecule has 0 aliphatic carbocycles. The Balaban J connectivity index is 1.54. The molecule has 0 amide bonds. The van der Waals surface area contributed by atoms with E-state index in [0.717, 1.165) is 44.9 Å². The predicted octanol–water partition coefficient (Wildman–Crippen LogP) is 5.39. The number of halogens is 1. The Morgan fingerprint density at radius 3 is 2.58 bits per heavy atom. The molecule has 5 aromatic rings. The van der Waals surface area contributed by atoms with Gasteiger partial charge in [0.15, 0.2) is 0 Å². The van der Waals surface area contributed by atoms with Gasteiger partial charge in [-0.1, -0.05) is 18.2 Å². The summed E-state index contributed by atoms with van der Waals surface area (Å²) in [6.07, 6.45) is 7.59. The number of aromatic nitrogens is 4. The van der Waals surface area contributed by atoms with Crippen molar-refractivity contribution in [3.05, 3.63) is 96.6 Å². The van der Waals surface area contributed by atoms with Gasteiger partial charge in [-0.25, -0.2) is 14.4 Å². The molecule has 0 saturated heterocycles. The highest BCUT2D eigenvalue weighted by atomic mass is 19.1. The van der Waals surface area contributed by atoms with Crippen molar-refractivity contribution in [1.82, 2.24) is 19.1 Å². The maximum atomic E-state index is 13.2. The van der Waals surface area contributed by atoms with E-state index < -0.39 is 0 Å². The van der Waals surface area contributed by atoms with Gasteiger partial charge in [-0.2, -0.15) is 0 Å². The van der Waals surface area contributed by atoms with Gasteiger partial charge in [-0.3, -0.25) is 0 Å². The van der Waals surface area contributed by atoms with Crippen LogP contribution in [0.25, 0.3) is 27.8 Å². The summed E-state index contributed by atoms with van der Waals surface area (Å²) in [5.41, 5.74) is 5.91. The van der Waals surface area contributed by atoms with Crippen molar-refractivity contribution < 1.29 is 9.13 Å². The first-order chi connectivity index (χ1) is 15.1. The van der Waals surface area contributed by atoms with E-state index in [1.54, 1.807) is 25.6 Å². The minimum absolute atomic E-state index is 0.232. The van der Waals surface area contributed by atoms with E-state index >= 15 is 0 Å². The second-order valence-corrected chi connectivity index (χ2v) is 7.47. The number of imidazole rings is 1. The Morgan fingerprint density at radius 1 is 1.00 bits per heavy atom. The lowest BCUT2D eigenvalue weighted by molar-refractivity contribution is 0.413. The SMILES string of the molecule is COc1cc(-c2ccnc3c2ccn3Cc2ccc(F)cc2)ccc1-n1cnc(C)c1. The van der Waals surface area contributed by atoms with E-state index in [9.17, 15) is 4.39 Å². The zero-order valence-electron chi connectivity index (χ0n) is 17.3. The summed E-state index contributed by atoms with van der Waals surface area (Å²) in [5, 5.41) is 1.05. The number of pyridine rings is 1. The molecule has 0 radical (unpaired) electrons. The summed E-state index contributed by atoms with van der Waals surface area (Å²) in [6, 6.07) is 16.8. The lowest BCUT2D eigenvalue weighted by Crippen LogP contribution is -1.99. The number of hydrogen-bond acceptors (Lipinski definition) is 3. The molecule has 5 rings (SSSR count). The first-order valence-electron chi connectivity index (χ1n) is 10.00. The van der Waals surface area contributed by atoms with Crippen molar-refractivity contribution in [1.29, 1.82) is 0 Å². The van der Waals surface area contributed by atoms with Crippen LogP contribution in [0.1, 0.15) is 11.3 Å². The van der Waals surface area contributed by atoms with Gasteiger partial charge in [0.1, 0.15) is 17.2 Å². The number of ether oxygens (including phenoxy) is 1. The topological polar surface area (TPSA) is 44.9 Å². The monoisotopic (exact) mass is 412 g/mol. The van der Waals surface area contributed by atoms with E-state index in [0.29, 0.717) is 6.54 Å². The van der Waals surface area contributed by atoms with Crippen molar-refractivity contribution in [2.75, 3.05) is 7.11 Å². The number of rotatable bonds is 5. The van der Waals surface area contributed by atoms with Crippen LogP contribution in [0.2, 0.25) is 0 Å². The Morgan fingerprint density at radius 2 is 1.84 bits per heavy atom. The van der Waals surface area contributed by atoms with Crippen LogP contribution in [0.5, 0.6) is 5.75 Å². The molecule has 0 fully saturated rings. The third-order valence-electron chi connectivity index (χ3n) is 5.41. The number of hydrogen-bond donors (Lipinski definition) is 0. The maximum Gasteiger partial charge on any atom is 0.143 e. The van der Waals surface area contributed by atoms with E-state index in [1.165, 1.54) is 12.1 Å². The number of methoxy groups -OCH3 is 1. The van der Waals surface area contributed by atoms with Crippen LogP contribution >= 0.6 is 0 Å². The second kappa shape index (κ2) is 7.72. The van der Waals surface area contributed by atoms with Gasteiger partial charge >= 0.3 is 0 Å². The fourth-order valence-corrected chi connectivity index (χ4v) is 3.87. The lowest BCUT2D eigenvalue weighted by Gasteiger charge is -2.12. The highest BCUT2D eigenvalue weighted by Crippen LogP contribution is 2.33. The molecule has 5 nitrogen and oxygen atoms in total. The molecule has 0 bridgehead atoms. The van der Waals surface area contributed by atoms with Gasteiger partial charge < -0.3 is 13.9 Å². The molecule has 0 atom stereocenters. The molecule has 6 heteroatoms. The molecule has 0 aliphatic heterocycles. The van der Waals surface area contributed by atoms with E-state index in [-0.39, 0.29) is 5.82 Å². The Labute approximate surface area is 179 Å². The molecule has 154 valence electrons. The minimum atomic E-state index is -0.232. The smallest absolute Gasteiger partial charge is 0.143 e. The summed E-state index contributed by atoms with van der Waals surface area (Å²) in [6.45, 7) is 2.59. The van der Waals surface area contributed by atoms with Gasteiger partial charge in [0.05, 0.1) is 24.8 Å². The van der Waals surface area contributed by atoms with Gasteiger partial charge in [0.2, 0.25) is 0 Å². The third kappa shape index (κ3) is 3.57. The number of benzene rings is 2. The van der Waals surface area contributed by atoms with E-state index in [2.05, 4.69) is 26.7 Å². The van der Waals surface area contributed by atoms with Crippen molar-refractivity contribution in [2.45, 2.75) is 13.5 Å². The highest BCUT2D eigenvalue weighted by molar-refractivity contribution is 5.93. The summed E-state index contributed by atoms with van der Waals surface area (Å²) < 4.78 is 22.9. The first kappa shape index (κ1) is 19.1. The maximum absolute atomic E-state index is 13.2. The molecule has 0 unspecified atom stereocenters. The van der Waals surface area contributed by atoms with E-state index in [1.807, 2.05) is 48.3 Å². The second-order valence-electron chi connectivity index (χ2n) is 7.47. The van der Waals surface area contributed by atoms with Gasteiger partial charge in [0.25, 0.3) is 0 Å². The average Bonchev–Trinajstić information content (AvgIpc) is 3.41. The molecular formula is C25H21FN4O. The van der Waals surface area contributed by atoms with Crippen LogP contribution in [-0.4, -0.2) is 26.2 Å². The molecule has 3 heterocycles. The van der Waals surface area contributed by atoms with Crippen molar-refractivity contribution in [3.63, 3.8) is 0 Å². The van der Waals surface area contributed by atoms with Gasteiger partial charge in [-0.15, -0.1) is 0 Å². The first-order valence-corrected chi connectivity index (χ1v) is 10.00. The minimum Gasteiger partial charge on any atom is -0.495 e. The Hall–Kier alpha value is -3.93. The lowest BCUT2D eigenvalue weighted by atomic mass is 10.0. The molecule has 0 spiro atoms. The quantitative estimate of drug-likeness (QED) is 0.389. The molecular weight excluding hydrogens is 391 g/mol. The average molecular weight is 412 g/mol. The molecule has 0 N–H and O–H groups in total. The summed E-state index contributed by atoms with van der Waals surface area (Å²) in [7, 11) is 1.67. The number of aryl methyl sites for hydroxylation is 1. The van der Waals surface area contributed by atoms with Crippen molar-refractivity contribution >= 4 is 11.0 Å². The fraction of sp³-hybridized carbons (Fsp3) is 0.120. The van der Waals surface area contributed by atoms with Crippen LogP contribution in [0.15, 0.2) is 79.5 Å². The standard InChI is InChI=1S/C25H21FN4O/c1-17-14-30(16-28-17)23-8-5-19(13-24(23)31-2)21-9-11-27-25-22(21)10-12-29(25)15-18-3-6-20(26)7-4-18/h3-14,16H,15H2,1-2H3. The van der Waals surface area contributed by atoms with Crippen LogP contribution in [-0.2, 0) is 6.54 Å². The molecule has 31 heavy (non-hydrogen) atoms. The molecule has 2 aromatic carbocycles. The zero-order valence-corrected chi connectivity index (χ0v) is 17.3. The van der Waals surface area contributed by atoms with Crippen LogP contribution in [0, 0.1) is 12.7 Å². The van der Waals surface area contributed by atoms with Crippen molar-refractivity contribution in [2.24, 2.45) is 0 Å². The van der Waals surface area contributed by atoms with Crippen molar-refractivity contribution in [3.8, 4) is 22.6 Å². The van der Waals surface area contributed by atoms with Crippen LogP contribution in [0.3, 0.4) is 0 Å². The van der Waals surface area contributed by atoms with E-state index in [4.69, 9.17) is 4.74 Å². The summed E-state index contributed by atoms with van der Waals surface area (Å²) >= 11 is 0. The molecule has 0 saturated carbocycles. The number of fused-ring (bicyclic) bond motifs is 1. The third-order valence-corrected chi connectivity index (χ3v) is 5.41. The van der Waals surface area contributed by atoms with Gasteiger partial charge in [0, 0.05) is 30.5 Å². The number of nitrogens with zero attached hydrogens (tertiary/aromatic N) is 4.